The van der Waals surface area contributed by atoms with Crippen LogP contribution in [0.4, 0.5) is 5.69 Å². The van der Waals surface area contributed by atoms with Crippen molar-refractivity contribution in [3.05, 3.63) is 94.2 Å². The largest absolute Gasteiger partial charge is 0.452 e. The number of carbonyl (C=O) groups is 2. The zero-order chi connectivity index (χ0) is 23.5. The van der Waals surface area contributed by atoms with Gasteiger partial charge in [-0.1, -0.05) is 29.8 Å². The average molecular weight is 442 g/mol. The molecule has 0 amide bonds. The minimum Gasteiger partial charge on any atom is -0.452 e. The van der Waals surface area contributed by atoms with Crippen molar-refractivity contribution in [2.75, 3.05) is 18.0 Å². The number of aryl methyl sites for hydroxylation is 1. The number of allylic oxidation sites excluding steroid dienone is 1. The van der Waals surface area contributed by atoms with Crippen LogP contribution < -0.4 is 14.4 Å². The van der Waals surface area contributed by atoms with Crippen LogP contribution in [-0.2, 0) is 0 Å². The summed E-state index contributed by atoms with van der Waals surface area (Å²) < 4.78 is 11.5. The third-order valence-electron chi connectivity index (χ3n) is 5.85. The summed E-state index contributed by atoms with van der Waals surface area (Å²) in [6, 6.07) is 18.5. The molecule has 0 aliphatic carbocycles. The van der Waals surface area contributed by atoms with Gasteiger partial charge >= 0.3 is 5.97 Å². The van der Waals surface area contributed by atoms with Gasteiger partial charge in [-0.25, -0.2) is 4.79 Å². The van der Waals surface area contributed by atoms with Gasteiger partial charge in [-0.15, -0.1) is 0 Å². The van der Waals surface area contributed by atoms with Crippen LogP contribution in [0.5, 0.6) is 11.5 Å². The van der Waals surface area contributed by atoms with Crippen LogP contribution in [0.3, 0.4) is 0 Å². The van der Waals surface area contributed by atoms with Gasteiger partial charge in [0.25, 0.3) is 0 Å². The van der Waals surface area contributed by atoms with Gasteiger partial charge in [-0.05, 0) is 75.7 Å². The zero-order valence-corrected chi connectivity index (χ0v) is 19.3. The second-order valence-corrected chi connectivity index (χ2v) is 8.02. The van der Waals surface area contributed by atoms with E-state index in [0.717, 1.165) is 29.9 Å². The molecule has 1 aliphatic rings. The van der Waals surface area contributed by atoms with Gasteiger partial charge in [0.15, 0.2) is 5.76 Å². The van der Waals surface area contributed by atoms with Gasteiger partial charge in [0.2, 0.25) is 5.78 Å². The first-order chi connectivity index (χ1) is 15.9. The van der Waals surface area contributed by atoms with Crippen molar-refractivity contribution >= 4 is 23.5 Å². The Morgan fingerprint density at radius 3 is 2.24 bits per heavy atom. The summed E-state index contributed by atoms with van der Waals surface area (Å²) in [5.74, 6) is 0.423. The fraction of sp³-hybridized carbons (Fsp3) is 0.214. The molecule has 5 heteroatoms. The normalized spacial score (nSPS) is 13.6. The fourth-order valence-electron chi connectivity index (χ4n) is 3.85. The van der Waals surface area contributed by atoms with Crippen molar-refractivity contribution in [2.24, 2.45) is 0 Å². The van der Waals surface area contributed by atoms with Crippen molar-refractivity contribution in [3.63, 3.8) is 0 Å². The second-order valence-electron chi connectivity index (χ2n) is 8.02. The van der Waals surface area contributed by atoms with E-state index in [1.807, 2.05) is 43.3 Å². The SMILES string of the molecule is CCN(CC)c1ccc(/C=C2\Oc3c(ccc(OC(=O)c4ccc(C)cc4)c3C)C2=O)cc1. The maximum Gasteiger partial charge on any atom is 0.343 e. The number of esters is 1. The van der Waals surface area contributed by atoms with Crippen LogP contribution in [0.25, 0.3) is 6.08 Å². The molecule has 3 aromatic rings. The first-order valence-corrected chi connectivity index (χ1v) is 11.1. The predicted molar refractivity (Wildman–Crippen MR) is 130 cm³/mol. The number of Topliss-reactive ketones (excluding diaryl/α,β-unsaturated/α-hetero) is 1. The molecule has 0 atom stereocenters. The molecular weight excluding hydrogens is 414 g/mol. The van der Waals surface area contributed by atoms with Crippen molar-refractivity contribution in [1.82, 2.24) is 0 Å². The molecule has 168 valence electrons. The summed E-state index contributed by atoms with van der Waals surface area (Å²) >= 11 is 0. The average Bonchev–Trinajstić information content (AvgIpc) is 3.14. The Labute approximate surface area is 194 Å². The van der Waals surface area contributed by atoms with E-state index in [2.05, 4.69) is 18.7 Å². The first kappa shape index (κ1) is 22.3. The third-order valence-corrected chi connectivity index (χ3v) is 5.85. The number of hydrogen-bond acceptors (Lipinski definition) is 5. The number of hydrogen-bond donors (Lipinski definition) is 0. The number of rotatable bonds is 6. The van der Waals surface area contributed by atoms with Crippen molar-refractivity contribution in [3.8, 4) is 11.5 Å². The summed E-state index contributed by atoms with van der Waals surface area (Å²) in [5.41, 5.74) is 4.63. The standard InChI is InChI=1S/C28H27NO4/c1-5-29(6-2)22-13-9-20(10-14-22)17-25-26(30)23-15-16-24(19(4)27(23)32-25)33-28(31)21-11-7-18(3)8-12-21/h7-17H,5-6H2,1-4H3/b25-17-. The highest BCUT2D eigenvalue weighted by Gasteiger charge is 2.30. The first-order valence-electron chi connectivity index (χ1n) is 11.1. The second kappa shape index (κ2) is 9.33. The predicted octanol–water partition coefficient (Wildman–Crippen LogP) is 5.99. The highest BCUT2D eigenvalue weighted by molar-refractivity contribution is 6.15. The topological polar surface area (TPSA) is 55.8 Å². The van der Waals surface area contributed by atoms with E-state index in [9.17, 15) is 9.59 Å². The zero-order valence-electron chi connectivity index (χ0n) is 19.3. The molecule has 1 aliphatic heterocycles. The maximum atomic E-state index is 12.9. The van der Waals surface area contributed by atoms with Gasteiger partial charge in [-0.3, -0.25) is 4.79 Å². The molecule has 0 fully saturated rings. The Morgan fingerprint density at radius 2 is 1.61 bits per heavy atom. The number of benzene rings is 3. The van der Waals surface area contributed by atoms with E-state index in [4.69, 9.17) is 9.47 Å². The van der Waals surface area contributed by atoms with Crippen LogP contribution in [-0.4, -0.2) is 24.8 Å². The summed E-state index contributed by atoms with van der Waals surface area (Å²) in [4.78, 5) is 27.7. The lowest BCUT2D eigenvalue weighted by Crippen LogP contribution is -2.21. The molecule has 0 saturated heterocycles. The lowest BCUT2D eigenvalue weighted by molar-refractivity contribution is 0.0733. The molecule has 0 spiro atoms. The van der Waals surface area contributed by atoms with E-state index in [1.54, 1.807) is 37.3 Å². The Morgan fingerprint density at radius 1 is 0.939 bits per heavy atom. The van der Waals surface area contributed by atoms with Crippen molar-refractivity contribution < 1.29 is 19.1 Å². The van der Waals surface area contributed by atoms with E-state index >= 15 is 0 Å². The van der Waals surface area contributed by atoms with Gasteiger partial charge < -0.3 is 14.4 Å². The number of anilines is 1. The molecule has 1 heterocycles. The highest BCUT2D eigenvalue weighted by atomic mass is 16.5. The van der Waals surface area contributed by atoms with Gasteiger partial charge in [-0.2, -0.15) is 0 Å². The molecule has 0 unspecified atom stereocenters. The molecule has 0 N–H and O–H groups in total. The van der Waals surface area contributed by atoms with E-state index in [-0.39, 0.29) is 11.5 Å². The third kappa shape index (κ3) is 4.53. The minimum absolute atomic E-state index is 0.183. The molecule has 5 nitrogen and oxygen atoms in total. The summed E-state index contributed by atoms with van der Waals surface area (Å²) in [6.45, 7) is 9.85. The van der Waals surface area contributed by atoms with E-state index in [1.165, 1.54) is 0 Å². The van der Waals surface area contributed by atoms with Crippen LogP contribution in [0.1, 0.15) is 51.3 Å². The van der Waals surface area contributed by atoms with Crippen molar-refractivity contribution in [1.29, 1.82) is 0 Å². The molecule has 3 aromatic carbocycles. The van der Waals surface area contributed by atoms with Crippen LogP contribution >= 0.6 is 0 Å². The molecule has 0 saturated carbocycles. The smallest absolute Gasteiger partial charge is 0.343 e. The molecular formula is C28H27NO4. The van der Waals surface area contributed by atoms with E-state index < -0.39 is 5.97 Å². The maximum absolute atomic E-state index is 12.9. The number of carbonyl (C=O) groups excluding carboxylic acids is 2. The van der Waals surface area contributed by atoms with Gasteiger partial charge in [0.05, 0.1) is 11.1 Å². The summed E-state index contributed by atoms with van der Waals surface area (Å²) in [7, 11) is 0. The molecule has 4 rings (SSSR count). The van der Waals surface area contributed by atoms with Crippen LogP contribution in [0.2, 0.25) is 0 Å². The number of ether oxygens (including phenoxy) is 2. The quantitative estimate of drug-likeness (QED) is 0.267. The fourth-order valence-corrected chi connectivity index (χ4v) is 3.85. The molecule has 0 radical (unpaired) electrons. The van der Waals surface area contributed by atoms with Crippen LogP contribution in [0.15, 0.2) is 66.4 Å². The minimum atomic E-state index is -0.452. The highest BCUT2D eigenvalue weighted by Crippen LogP contribution is 2.39. The van der Waals surface area contributed by atoms with Gasteiger partial charge in [0, 0.05) is 24.3 Å². The van der Waals surface area contributed by atoms with Crippen LogP contribution in [0, 0.1) is 13.8 Å². The molecule has 0 aromatic heterocycles. The summed E-state index contributed by atoms with van der Waals surface area (Å²) in [6.07, 6.45) is 1.74. The number of ketones is 1. The monoisotopic (exact) mass is 441 g/mol. The lowest BCUT2D eigenvalue weighted by Gasteiger charge is -2.20. The van der Waals surface area contributed by atoms with E-state index in [0.29, 0.717) is 28.2 Å². The Balaban J connectivity index is 1.55. The Hall–Kier alpha value is -3.86. The van der Waals surface area contributed by atoms with Gasteiger partial charge in [0.1, 0.15) is 11.5 Å². The molecule has 33 heavy (non-hydrogen) atoms. The molecule has 0 bridgehead atoms. The summed E-state index contributed by atoms with van der Waals surface area (Å²) in [5, 5.41) is 0. The Kier molecular flexibility index (Phi) is 6.31. The number of fused-ring (bicyclic) bond motifs is 1. The lowest BCUT2D eigenvalue weighted by atomic mass is 10.1. The number of nitrogens with zero attached hydrogens (tertiary/aromatic N) is 1. The van der Waals surface area contributed by atoms with Crippen molar-refractivity contribution in [2.45, 2.75) is 27.7 Å². The Bertz CT molecular complexity index is 1220.